The van der Waals surface area contributed by atoms with E-state index in [9.17, 15) is 4.79 Å². The molecular formula is C18H15N3O2. The molecule has 0 unspecified atom stereocenters. The number of rotatable bonds is 4. The van der Waals surface area contributed by atoms with Gasteiger partial charge in [0.25, 0.3) is 5.56 Å². The van der Waals surface area contributed by atoms with Crippen molar-refractivity contribution in [2.24, 2.45) is 0 Å². The van der Waals surface area contributed by atoms with Gasteiger partial charge in [0.15, 0.2) is 0 Å². The van der Waals surface area contributed by atoms with Crippen molar-refractivity contribution in [1.82, 2.24) is 9.78 Å². The zero-order valence-electron chi connectivity index (χ0n) is 12.7. The van der Waals surface area contributed by atoms with Crippen LogP contribution in [-0.2, 0) is 13.0 Å². The highest BCUT2D eigenvalue weighted by atomic mass is 16.5. The van der Waals surface area contributed by atoms with E-state index in [0.29, 0.717) is 11.8 Å². The Morgan fingerprint density at radius 3 is 2.48 bits per heavy atom. The summed E-state index contributed by atoms with van der Waals surface area (Å²) in [5, 5.41) is 14.7. The molecule has 23 heavy (non-hydrogen) atoms. The highest BCUT2D eigenvalue weighted by molar-refractivity contribution is 5.83. The molecule has 5 heteroatoms. The van der Waals surface area contributed by atoms with Crippen molar-refractivity contribution in [2.75, 3.05) is 7.11 Å². The topological polar surface area (TPSA) is 67.9 Å². The van der Waals surface area contributed by atoms with Gasteiger partial charge in [-0.15, -0.1) is 0 Å². The Hall–Kier alpha value is -3.13. The summed E-state index contributed by atoms with van der Waals surface area (Å²) in [5.74, 6) is 0.793. The average Bonchev–Trinajstić information content (AvgIpc) is 2.60. The van der Waals surface area contributed by atoms with E-state index in [2.05, 4.69) is 5.10 Å². The third-order valence-electron chi connectivity index (χ3n) is 3.70. The Balaban J connectivity index is 2.10. The largest absolute Gasteiger partial charge is 0.497 e. The first-order valence-corrected chi connectivity index (χ1v) is 7.21. The zero-order valence-corrected chi connectivity index (χ0v) is 12.7. The van der Waals surface area contributed by atoms with Crippen molar-refractivity contribution in [3.8, 4) is 11.8 Å². The standard InChI is InChI=1S/C18H15N3O2/c1-23-14-8-6-13(7-9-14)12-17-15-4-2-3-5-16(15)18(22)21(20-17)11-10-19/h2-9H,11-12H2,1H3. The van der Waals surface area contributed by atoms with Crippen LogP contribution in [0, 0.1) is 11.3 Å². The highest BCUT2D eigenvalue weighted by Crippen LogP contribution is 2.18. The molecule has 0 atom stereocenters. The summed E-state index contributed by atoms with van der Waals surface area (Å²) in [7, 11) is 1.63. The molecule has 0 radical (unpaired) electrons. The molecule has 0 amide bonds. The molecule has 0 fully saturated rings. The third-order valence-corrected chi connectivity index (χ3v) is 3.70. The molecule has 2 aromatic carbocycles. The number of nitriles is 1. The van der Waals surface area contributed by atoms with Gasteiger partial charge >= 0.3 is 0 Å². The average molecular weight is 305 g/mol. The van der Waals surface area contributed by atoms with Crippen LogP contribution < -0.4 is 10.3 Å². The smallest absolute Gasteiger partial charge is 0.275 e. The van der Waals surface area contributed by atoms with Crippen LogP contribution in [0.3, 0.4) is 0 Å². The lowest BCUT2D eigenvalue weighted by Crippen LogP contribution is -2.24. The summed E-state index contributed by atoms with van der Waals surface area (Å²) in [6.07, 6.45) is 0.580. The molecule has 0 aliphatic rings. The van der Waals surface area contributed by atoms with Gasteiger partial charge in [-0.2, -0.15) is 10.4 Å². The molecule has 3 rings (SSSR count). The predicted molar refractivity (Wildman–Crippen MR) is 87.4 cm³/mol. The molecule has 0 bridgehead atoms. The van der Waals surface area contributed by atoms with Crippen LogP contribution in [0.5, 0.6) is 5.75 Å². The molecule has 0 saturated carbocycles. The van der Waals surface area contributed by atoms with Crippen LogP contribution >= 0.6 is 0 Å². The van der Waals surface area contributed by atoms with Gasteiger partial charge in [0, 0.05) is 11.8 Å². The third kappa shape index (κ3) is 2.92. The van der Waals surface area contributed by atoms with Gasteiger partial charge in [-0.3, -0.25) is 4.79 Å². The Kier molecular flexibility index (Phi) is 4.07. The van der Waals surface area contributed by atoms with E-state index in [4.69, 9.17) is 10.00 Å². The normalized spacial score (nSPS) is 10.4. The highest BCUT2D eigenvalue weighted by Gasteiger charge is 2.10. The number of ether oxygens (including phenoxy) is 1. The van der Waals surface area contributed by atoms with Crippen molar-refractivity contribution in [2.45, 2.75) is 13.0 Å². The van der Waals surface area contributed by atoms with E-state index in [-0.39, 0.29) is 12.1 Å². The van der Waals surface area contributed by atoms with E-state index in [1.165, 1.54) is 4.68 Å². The fourth-order valence-corrected chi connectivity index (χ4v) is 2.55. The van der Waals surface area contributed by atoms with Crippen LogP contribution in [0.25, 0.3) is 10.8 Å². The van der Waals surface area contributed by atoms with Crippen LogP contribution in [0.4, 0.5) is 0 Å². The number of benzene rings is 2. The molecule has 0 N–H and O–H groups in total. The molecule has 3 aromatic rings. The molecule has 0 aliphatic carbocycles. The molecule has 0 aliphatic heterocycles. The molecule has 0 saturated heterocycles. The lowest BCUT2D eigenvalue weighted by atomic mass is 10.0. The minimum Gasteiger partial charge on any atom is -0.497 e. The summed E-state index contributed by atoms with van der Waals surface area (Å²) < 4.78 is 6.38. The number of hydrogen-bond donors (Lipinski definition) is 0. The lowest BCUT2D eigenvalue weighted by Gasteiger charge is -2.09. The van der Waals surface area contributed by atoms with Gasteiger partial charge in [0.05, 0.1) is 24.3 Å². The first-order chi connectivity index (χ1) is 11.2. The Morgan fingerprint density at radius 1 is 1.13 bits per heavy atom. The van der Waals surface area contributed by atoms with Crippen LogP contribution in [0.15, 0.2) is 53.3 Å². The first-order valence-electron chi connectivity index (χ1n) is 7.21. The number of hydrogen-bond acceptors (Lipinski definition) is 4. The summed E-state index contributed by atoms with van der Waals surface area (Å²) in [6, 6.07) is 17.1. The van der Waals surface area contributed by atoms with E-state index < -0.39 is 0 Å². The second-order valence-electron chi connectivity index (χ2n) is 5.14. The van der Waals surface area contributed by atoms with Crippen LogP contribution in [-0.4, -0.2) is 16.9 Å². The predicted octanol–water partition coefficient (Wildman–Crippen LogP) is 2.52. The second-order valence-corrected chi connectivity index (χ2v) is 5.14. The van der Waals surface area contributed by atoms with Crippen molar-refractivity contribution < 1.29 is 4.74 Å². The number of methoxy groups -OCH3 is 1. The fourth-order valence-electron chi connectivity index (χ4n) is 2.55. The maximum atomic E-state index is 12.3. The van der Waals surface area contributed by atoms with Crippen molar-refractivity contribution in [1.29, 1.82) is 5.26 Å². The van der Waals surface area contributed by atoms with Crippen molar-refractivity contribution in [3.05, 3.63) is 70.1 Å². The second kappa shape index (κ2) is 6.32. The van der Waals surface area contributed by atoms with Gasteiger partial charge < -0.3 is 4.74 Å². The molecule has 0 spiro atoms. The summed E-state index contributed by atoms with van der Waals surface area (Å²) in [5.41, 5.74) is 1.60. The maximum absolute atomic E-state index is 12.3. The quantitative estimate of drug-likeness (QED) is 0.743. The molecule has 1 heterocycles. The number of aromatic nitrogens is 2. The van der Waals surface area contributed by atoms with Crippen molar-refractivity contribution >= 4 is 10.8 Å². The molecule has 114 valence electrons. The van der Waals surface area contributed by atoms with Gasteiger partial charge in [-0.1, -0.05) is 30.3 Å². The minimum absolute atomic E-state index is 0.0563. The minimum atomic E-state index is -0.236. The molecule has 1 aromatic heterocycles. The van der Waals surface area contributed by atoms with E-state index in [1.807, 2.05) is 48.5 Å². The Bertz CT molecular complexity index is 937. The zero-order chi connectivity index (χ0) is 16.2. The van der Waals surface area contributed by atoms with Crippen molar-refractivity contribution in [3.63, 3.8) is 0 Å². The van der Waals surface area contributed by atoms with E-state index in [1.54, 1.807) is 13.2 Å². The number of nitrogens with zero attached hydrogens (tertiary/aromatic N) is 3. The Labute approximate surface area is 133 Å². The SMILES string of the molecule is COc1ccc(Cc2nn(CC#N)c(=O)c3ccccc23)cc1. The number of fused-ring (bicyclic) bond motifs is 1. The lowest BCUT2D eigenvalue weighted by molar-refractivity contribution is 0.414. The first kappa shape index (κ1) is 14.8. The van der Waals surface area contributed by atoms with Gasteiger partial charge in [0.1, 0.15) is 12.3 Å². The monoisotopic (exact) mass is 305 g/mol. The van der Waals surface area contributed by atoms with Crippen LogP contribution in [0.2, 0.25) is 0 Å². The Morgan fingerprint density at radius 2 is 1.83 bits per heavy atom. The van der Waals surface area contributed by atoms with E-state index >= 15 is 0 Å². The van der Waals surface area contributed by atoms with E-state index in [0.717, 1.165) is 22.4 Å². The van der Waals surface area contributed by atoms with Gasteiger partial charge in [0.2, 0.25) is 0 Å². The summed E-state index contributed by atoms with van der Waals surface area (Å²) in [4.78, 5) is 12.3. The van der Waals surface area contributed by atoms with Gasteiger partial charge in [-0.25, -0.2) is 4.68 Å². The maximum Gasteiger partial charge on any atom is 0.275 e. The van der Waals surface area contributed by atoms with Crippen LogP contribution in [0.1, 0.15) is 11.3 Å². The summed E-state index contributed by atoms with van der Waals surface area (Å²) in [6.45, 7) is -0.0563. The molecular weight excluding hydrogens is 290 g/mol. The molecule has 5 nitrogen and oxygen atoms in total. The fraction of sp³-hybridized carbons (Fsp3) is 0.167. The van der Waals surface area contributed by atoms with Gasteiger partial charge in [-0.05, 0) is 23.8 Å². The summed E-state index contributed by atoms with van der Waals surface area (Å²) >= 11 is 0.